The molecule has 0 aliphatic carbocycles. The Labute approximate surface area is 174 Å². The second kappa shape index (κ2) is 8.32. The zero-order valence-electron chi connectivity index (χ0n) is 16.8. The van der Waals surface area contributed by atoms with Crippen LogP contribution in [0.3, 0.4) is 0 Å². The quantitative estimate of drug-likeness (QED) is 0.668. The van der Waals surface area contributed by atoms with Gasteiger partial charge in [-0.2, -0.15) is 0 Å². The predicted molar refractivity (Wildman–Crippen MR) is 112 cm³/mol. The number of nitrogens with one attached hydrogen (secondary N) is 1. The number of benzene rings is 2. The van der Waals surface area contributed by atoms with Gasteiger partial charge in [-0.1, -0.05) is 12.1 Å². The molecule has 1 unspecified atom stereocenters. The van der Waals surface area contributed by atoms with Crippen LogP contribution in [-0.4, -0.2) is 31.1 Å². The largest absolute Gasteiger partial charge is 0.492 e. The number of fused-ring (bicyclic) bond motifs is 1. The third kappa shape index (κ3) is 4.15. The number of hydrogen-bond donors (Lipinski definition) is 1. The Hall–Kier alpha value is -3.74. The Morgan fingerprint density at radius 3 is 2.80 bits per heavy atom. The van der Waals surface area contributed by atoms with Gasteiger partial charge in [0.1, 0.15) is 18.1 Å². The number of furan rings is 1. The minimum Gasteiger partial charge on any atom is -0.492 e. The van der Waals surface area contributed by atoms with Gasteiger partial charge in [-0.25, -0.2) is 0 Å². The predicted octanol–water partition coefficient (Wildman–Crippen LogP) is 4.03. The summed E-state index contributed by atoms with van der Waals surface area (Å²) < 4.78 is 16.7. The molecule has 30 heavy (non-hydrogen) atoms. The number of anilines is 2. The second-order valence-electron chi connectivity index (χ2n) is 7.03. The first kappa shape index (κ1) is 19.6. The number of carbonyl (C=O) groups is 2. The highest BCUT2D eigenvalue weighted by atomic mass is 16.5. The van der Waals surface area contributed by atoms with Crippen molar-refractivity contribution >= 4 is 23.2 Å². The number of hydrogen-bond acceptors (Lipinski definition) is 5. The normalized spacial score (nSPS) is 15.3. The van der Waals surface area contributed by atoms with Crippen LogP contribution in [0.15, 0.2) is 65.3 Å². The summed E-state index contributed by atoms with van der Waals surface area (Å²) in [5.41, 5.74) is 2.30. The molecule has 0 spiro atoms. The maximum Gasteiger partial charge on any atom is 0.291 e. The summed E-state index contributed by atoms with van der Waals surface area (Å²) in [6, 6.07) is 16.2. The van der Waals surface area contributed by atoms with Crippen LogP contribution in [0.2, 0.25) is 0 Å². The van der Waals surface area contributed by atoms with Crippen molar-refractivity contribution in [3.05, 3.63) is 72.2 Å². The van der Waals surface area contributed by atoms with Crippen LogP contribution in [0.25, 0.3) is 0 Å². The van der Waals surface area contributed by atoms with E-state index < -0.39 is 6.10 Å². The summed E-state index contributed by atoms with van der Waals surface area (Å²) in [7, 11) is 0. The van der Waals surface area contributed by atoms with Gasteiger partial charge in [0.15, 0.2) is 11.9 Å². The van der Waals surface area contributed by atoms with Crippen molar-refractivity contribution in [3.8, 4) is 11.5 Å². The van der Waals surface area contributed by atoms with Crippen molar-refractivity contribution in [1.29, 1.82) is 0 Å². The Balaban J connectivity index is 1.48. The van der Waals surface area contributed by atoms with Gasteiger partial charge in [-0.15, -0.1) is 0 Å². The van der Waals surface area contributed by atoms with E-state index in [4.69, 9.17) is 13.9 Å². The number of aryl methyl sites for hydroxylation is 1. The van der Waals surface area contributed by atoms with Crippen LogP contribution in [0.4, 0.5) is 11.4 Å². The summed E-state index contributed by atoms with van der Waals surface area (Å²) >= 11 is 0. The number of amides is 2. The van der Waals surface area contributed by atoms with E-state index in [1.807, 2.05) is 31.2 Å². The molecule has 1 aromatic heterocycles. The first-order valence-electron chi connectivity index (χ1n) is 9.67. The Bertz CT molecular complexity index is 1060. The van der Waals surface area contributed by atoms with E-state index in [-0.39, 0.29) is 17.6 Å². The molecule has 2 amide bonds. The van der Waals surface area contributed by atoms with Crippen LogP contribution < -0.4 is 19.7 Å². The minimum absolute atomic E-state index is 0.136. The van der Waals surface area contributed by atoms with Gasteiger partial charge in [-0.05, 0) is 55.8 Å². The van der Waals surface area contributed by atoms with Gasteiger partial charge in [-0.3, -0.25) is 9.59 Å². The third-order valence-electron chi connectivity index (χ3n) is 4.74. The third-order valence-corrected chi connectivity index (χ3v) is 4.74. The van der Waals surface area contributed by atoms with Crippen molar-refractivity contribution in [3.63, 3.8) is 0 Å². The van der Waals surface area contributed by atoms with Gasteiger partial charge < -0.3 is 24.1 Å². The molecule has 2 aromatic carbocycles. The second-order valence-corrected chi connectivity index (χ2v) is 7.03. The van der Waals surface area contributed by atoms with Gasteiger partial charge in [0.05, 0.1) is 18.5 Å². The van der Waals surface area contributed by atoms with Crippen molar-refractivity contribution in [1.82, 2.24) is 0 Å². The standard InChI is InChI=1S/C23H22N2O5/c1-15-5-3-6-18(13-15)28-12-10-25-19-9-8-17(14-21(19)30-16(2)23(25)27)24-22(26)20-7-4-11-29-20/h3-9,11,13-14,16H,10,12H2,1-2H3,(H,24,26). The molecule has 3 aromatic rings. The lowest BCUT2D eigenvalue weighted by atomic mass is 10.1. The molecule has 2 heterocycles. The number of ether oxygens (including phenoxy) is 2. The van der Waals surface area contributed by atoms with Crippen LogP contribution in [0.1, 0.15) is 23.0 Å². The minimum atomic E-state index is -0.632. The van der Waals surface area contributed by atoms with Crippen molar-refractivity contribution in [2.45, 2.75) is 20.0 Å². The van der Waals surface area contributed by atoms with Crippen LogP contribution in [0.5, 0.6) is 11.5 Å². The SMILES string of the molecule is Cc1cccc(OCCN2C(=O)C(C)Oc3cc(NC(=O)c4ccco4)ccc32)c1. The fraction of sp³-hybridized carbons (Fsp3) is 0.217. The molecule has 7 nitrogen and oxygen atoms in total. The fourth-order valence-corrected chi connectivity index (χ4v) is 3.28. The van der Waals surface area contributed by atoms with Gasteiger partial charge >= 0.3 is 0 Å². The lowest BCUT2D eigenvalue weighted by Gasteiger charge is -2.33. The molecule has 1 atom stereocenters. The molecular formula is C23H22N2O5. The monoisotopic (exact) mass is 406 g/mol. The van der Waals surface area contributed by atoms with E-state index in [0.29, 0.717) is 30.3 Å². The van der Waals surface area contributed by atoms with E-state index in [0.717, 1.165) is 11.3 Å². The summed E-state index contributed by atoms with van der Waals surface area (Å²) in [4.78, 5) is 26.5. The molecule has 1 aliphatic rings. The van der Waals surface area contributed by atoms with E-state index >= 15 is 0 Å². The van der Waals surface area contributed by atoms with Crippen molar-refractivity contribution < 1.29 is 23.5 Å². The first-order chi connectivity index (χ1) is 14.5. The zero-order valence-corrected chi connectivity index (χ0v) is 16.8. The average Bonchev–Trinajstić information content (AvgIpc) is 3.26. The van der Waals surface area contributed by atoms with E-state index in [2.05, 4.69) is 5.32 Å². The van der Waals surface area contributed by atoms with Crippen LogP contribution >= 0.6 is 0 Å². The Kier molecular flexibility index (Phi) is 5.43. The van der Waals surface area contributed by atoms with Gasteiger partial charge in [0.25, 0.3) is 11.8 Å². The Morgan fingerprint density at radius 2 is 2.03 bits per heavy atom. The summed E-state index contributed by atoms with van der Waals surface area (Å²) in [5.74, 6) is 1.01. The molecule has 0 saturated heterocycles. The zero-order chi connectivity index (χ0) is 21.1. The van der Waals surface area contributed by atoms with E-state index in [9.17, 15) is 9.59 Å². The molecule has 0 saturated carbocycles. The smallest absolute Gasteiger partial charge is 0.291 e. The molecule has 0 radical (unpaired) electrons. The highest BCUT2D eigenvalue weighted by Crippen LogP contribution is 2.36. The summed E-state index contributed by atoms with van der Waals surface area (Å²) in [6.45, 7) is 4.43. The molecule has 4 rings (SSSR count). The van der Waals surface area contributed by atoms with Gasteiger partial charge in [0, 0.05) is 11.8 Å². The summed E-state index contributed by atoms with van der Waals surface area (Å²) in [5, 5.41) is 2.76. The van der Waals surface area contributed by atoms with E-state index in [1.165, 1.54) is 6.26 Å². The molecule has 0 bridgehead atoms. The summed E-state index contributed by atoms with van der Waals surface area (Å²) in [6.07, 6.45) is 0.807. The van der Waals surface area contributed by atoms with Crippen LogP contribution in [-0.2, 0) is 4.79 Å². The van der Waals surface area contributed by atoms with Crippen LogP contribution in [0, 0.1) is 6.92 Å². The van der Waals surface area contributed by atoms with Gasteiger partial charge in [0.2, 0.25) is 0 Å². The van der Waals surface area contributed by atoms with Crippen molar-refractivity contribution in [2.75, 3.05) is 23.4 Å². The number of carbonyl (C=O) groups excluding carboxylic acids is 2. The van der Waals surface area contributed by atoms with E-state index in [1.54, 1.807) is 42.2 Å². The maximum absolute atomic E-state index is 12.7. The average molecular weight is 406 g/mol. The lowest BCUT2D eigenvalue weighted by molar-refractivity contribution is -0.125. The number of nitrogens with zero attached hydrogens (tertiary/aromatic N) is 1. The molecule has 1 aliphatic heterocycles. The van der Waals surface area contributed by atoms with Crippen molar-refractivity contribution in [2.24, 2.45) is 0 Å². The molecule has 0 fully saturated rings. The molecule has 7 heteroatoms. The topological polar surface area (TPSA) is 81.0 Å². The number of rotatable bonds is 6. The molecular weight excluding hydrogens is 384 g/mol. The fourth-order valence-electron chi connectivity index (χ4n) is 3.28. The first-order valence-corrected chi connectivity index (χ1v) is 9.67. The lowest BCUT2D eigenvalue weighted by Crippen LogP contribution is -2.46. The highest BCUT2D eigenvalue weighted by molar-refractivity contribution is 6.03. The Morgan fingerprint density at radius 1 is 1.17 bits per heavy atom. The molecule has 154 valence electrons. The maximum atomic E-state index is 12.7. The molecule has 1 N–H and O–H groups in total. The highest BCUT2D eigenvalue weighted by Gasteiger charge is 2.31.